The summed E-state index contributed by atoms with van der Waals surface area (Å²) in [5, 5.41) is 7.29. The van der Waals surface area contributed by atoms with Crippen LogP contribution >= 0.6 is 0 Å². The fraction of sp³-hybridized carbons (Fsp3) is 0.167. The Labute approximate surface area is 150 Å². The van der Waals surface area contributed by atoms with Crippen LogP contribution in [0.2, 0.25) is 0 Å². The molecule has 0 amide bonds. The van der Waals surface area contributed by atoms with Crippen LogP contribution in [0.5, 0.6) is 0 Å². The molecule has 0 spiro atoms. The third kappa shape index (κ3) is 2.81. The summed E-state index contributed by atoms with van der Waals surface area (Å²) in [4.78, 5) is 19.9. The van der Waals surface area contributed by atoms with Crippen LogP contribution in [-0.2, 0) is 0 Å². The summed E-state index contributed by atoms with van der Waals surface area (Å²) in [6.45, 7) is 1.93. The van der Waals surface area contributed by atoms with Gasteiger partial charge in [-0.3, -0.25) is 4.90 Å². The zero-order chi connectivity index (χ0) is 18.1. The van der Waals surface area contributed by atoms with Crippen molar-refractivity contribution in [1.29, 1.82) is 0 Å². The van der Waals surface area contributed by atoms with Crippen molar-refractivity contribution in [3.8, 4) is 11.3 Å². The molecule has 4 aromatic rings. The molecule has 0 radical (unpaired) electrons. The van der Waals surface area contributed by atoms with Crippen molar-refractivity contribution in [1.82, 2.24) is 29.5 Å². The minimum Gasteiger partial charge on any atom is -0.357 e. The van der Waals surface area contributed by atoms with E-state index in [0.29, 0.717) is 11.9 Å². The quantitative estimate of drug-likeness (QED) is 0.608. The van der Waals surface area contributed by atoms with E-state index in [-0.39, 0.29) is 0 Å². The molecule has 3 aromatic heterocycles. The predicted octanol–water partition coefficient (Wildman–Crippen LogP) is 2.70. The minimum absolute atomic E-state index is 0.556. The molecule has 0 fully saturated rings. The number of fused-ring (bicyclic) bond motifs is 1. The molecule has 130 valence electrons. The first-order chi connectivity index (χ1) is 12.7. The molecular formula is C18H18N8. The second-order valence-corrected chi connectivity index (χ2v) is 5.84. The number of hydrogen-bond donors (Lipinski definition) is 1. The Morgan fingerprint density at radius 2 is 1.85 bits per heavy atom. The largest absolute Gasteiger partial charge is 0.357 e. The van der Waals surface area contributed by atoms with Gasteiger partial charge in [0.1, 0.15) is 12.1 Å². The third-order valence-electron chi connectivity index (χ3n) is 4.03. The number of nitrogens with zero attached hydrogens (tertiary/aromatic N) is 7. The van der Waals surface area contributed by atoms with Crippen LogP contribution in [-0.4, -0.2) is 43.6 Å². The second kappa shape index (κ2) is 6.40. The van der Waals surface area contributed by atoms with E-state index in [0.717, 1.165) is 28.4 Å². The zero-order valence-corrected chi connectivity index (χ0v) is 14.7. The molecule has 1 aromatic carbocycles. The number of anilines is 3. The molecule has 26 heavy (non-hydrogen) atoms. The molecule has 0 saturated carbocycles. The SMILES string of the molecule is CNc1nc(C)cc(N(C)c2nc(-c3ccccc3)cc3ncnn23)n1. The second-order valence-electron chi connectivity index (χ2n) is 5.84. The first kappa shape index (κ1) is 15.9. The Bertz CT molecular complexity index is 1060. The lowest BCUT2D eigenvalue weighted by molar-refractivity contribution is 0.880. The maximum atomic E-state index is 4.81. The van der Waals surface area contributed by atoms with Crippen LogP contribution in [0.25, 0.3) is 16.9 Å². The Morgan fingerprint density at radius 1 is 1.04 bits per heavy atom. The zero-order valence-electron chi connectivity index (χ0n) is 14.7. The summed E-state index contributed by atoms with van der Waals surface area (Å²) >= 11 is 0. The highest BCUT2D eigenvalue weighted by Gasteiger charge is 2.16. The molecule has 3 heterocycles. The van der Waals surface area contributed by atoms with E-state index in [9.17, 15) is 0 Å². The lowest BCUT2D eigenvalue weighted by atomic mass is 10.1. The summed E-state index contributed by atoms with van der Waals surface area (Å²) in [6, 6.07) is 13.8. The molecule has 0 aliphatic carbocycles. The standard InChI is InChI=1S/C18H18N8/c1-12-9-16(24-17(19-2)22-12)25(3)18-23-14(13-7-5-4-6-8-13)10-15-20-11-21-26(15)18/h4-11H,1-3H3,(H,19,22,24). The van der Waals surface area contributed by atoms with Crippen LogP contribution in [0.15, 0.2) is 48.8 Å². The van der Waals surface area contributed by atoms with Gasteiger partial charge in [-0.2, -0.15) is 14.6 Å². The first-order valence-electron chi connectivity index (χ1n) is 8.19. The summed E-state index contributed by atoms with van der Waals surface area (Å²) in [7, 11) is 3.70. The Morgan fingerprint density at radius 3 is 2.62 bits per heavy atom. The van der Waals surface area contributed by atoms with Gasteiger partial charge in [-0.25, -0.2) is 15.0 Å². The van der Waals surface area contributed by atoms with E-state index in [4.69, 9.17) is 4.98 Å². The van der Waals surface area contributed by atoms with Gasteiger partial charge in [0.2, 0.25) is 11.9 Å². The normalized spacial score (nSPS) is 10.9. The number of hydrogen-bond acceptors (Lipinski definition) is 7. The fourth-order valence-corrected chi connectivity index (χ4v) is 2.72. The molecule has 0 aliphatic heterocycles. The molecule has 0 atom stereocenters. The summed E-state index contributed by atoms with van der Waals surface area (Å²) in [6.07, 6.45) is 1.52. The van der Waals surface area contributed by atoms with E-state index in [1.807, 2.05) is 61.3 Å². The molecule has 8 nitrogen and oxygen atoms in total. The molecule has 0 aliphatic rings. The first-order valence-corrected chi connectivity index (χ1v) is 8.19. The number of benzene rings is 1. The van der Waals surface area contributed by atoms with Crippen LogP contribution < -0.4 is 10.2 Å². The van der Waals surface area contributed by atoms with Gasteiger partial charge in [0, 0.05) is 37.5 Å². The molecule has 4 rings (SSSR count). The lowest BCUT2D eigenvalue weighted by Gasteiger charge is -2.19. The molecule has 0 bridgehead atoms. The highest BCUT2D eigenvalue weighted by molar-refractivity contribution is 5.67. The number of nitrogens with one attached hydrogen (secondary N) is 1. The Kier molecular flexibility index (Phi) is 3.92. The molecular weight excluding hydrogens is 328 g/mol. The maximum Gasteiger partial charge on any atom is 0.234 e. The van der Waals surface area contributed by atoms with E-state index >= 15 is 0 Å². The van der Waals surface area contributed by atoms with Crippen molar-refractivity contribution in [2.24, 2.45) is 0 Å². The van der Waals surface area contributed by atoms with E-state index in [1.54, 1.807) is 11.6 Å². The maximum absolute atomic E-state index is 4.81. The van der Waals surface area contributed by atoms with Gasteiger partial charge >= 0.3 is 0 Å². The van der Waals surface area contributed by atoms with Gasteiger partial charge in [-0.15, -0.1) is 0 Å². The van der Waals surface area contributed by atoms with Gasteiger partial charge in [0.25, 0.3) is 0 Å². The topological polar surface area (TPSA) is 84.1 Å². The van der Waals surface area contributed by atoms with Gasteiger partial charge in [-0.05, 0) is 6.92 Å². The van der Waals surface area contributed by atoms with Gasteiger partial charge in [0.15, 0.2) is 5.65 Å². The van der Waals surface area contributed by atoms with Crippen molar-refractivity contribution >= 4 is 23.4 Å². The van der Waals surface area contributed by atoms with Crippen molar-refractivity contribution in [3.05, 3.63) is 54.5 Å². The summed E-state index contributed by atoms with van der Waals surface area (Å²) < 4.78 is 1.70. The molecule has 0 unspecified atom stereocenters. The van der Waals surface area contributed by atoms with Gasteiger partial charge < -0.3 is 5.32 Å². The third-order valence-corrected chi connectivity index (χ3v) is 4.03. The predicted molar refractivity (Wildman–Crippen MR) is 101 cm³/mol. The number of aryl methyl sites for hydroxylation is 1. The average molecular weight is 346 g/mol. The van der Waals surface area contributed by atoms with Crippen molar-refractivity contribution in [2.45, 2.75) is 6.92 Å². The Hall–Kier alpha value is -3.55. The molecule has 0 saturated heterocycles. The van der Waals surface area contributed by atoms with Crippen LogP contribution in [0.3, 0.4) is 0 Å². The van der Waals surface area contributed by atoms with E-state index in [1.165, 1.54) is 6.33 Å². The van der Waals surface area contributed by atoms with Crippen molar-refractivity contribution in [3.63, 3.8) is 0 Å². The van der Waals surface area contributed by atoms with Crippen LogP contribution in [0, 0.1) is 6.92 Å². The van der Waals surface area contributed by atoms with E-state index < -0.39 is 0 Å². The van der Waals surface area contributed by atoms with Crippen LogP contribution in [0.4, 0.5) is 17.7 Å². The highest BCUT2D eigenvalue weighted by atomic mass is 15.4. The monoisotopic (exact) mass is 346 g/mol. The number of rotatable bonds is 4. The van der Waals surface area contributed by atoms with Crippen LogP contribution in [0.1, 0.15) is 5.69 Å². The smallest absolute Gasteiger partial charge is 0.234 e. The van der Waals surface area contributed by atoms with Crippen molar-refractivity contribution in [2.75, 3.05) is 24.3 Å². The Balaban J connectivity index is 1.88. The molecule has 1 N–H and O–H groups in total. The van der Waals surface area contributed by atoms with Gasteiger partial charge in [-0.1, -0.05) is 30.3 Å². The van der Waals surface area contributed by atoms with Crippen molar-refractivity contribution < 1.29 is 0 Å². The fourth-order valence-electron chi connectivity index (χ4n) is 2.72. The number of aromatic nitrogens is 6. The highest BCUT2D eigenvalue weighted by Crippen LogP contribution is 2.26. The lowest BCUT2D eigenvalue weighted by Crippen LogP contribution is -2.18. The molecule has 8 heteroatoms. The van der Waals surface area contributed by atoms with Gasteiger partial charge in [0.05, 0.1) is 5.69 Å². The summed E-state index contributed by atoms with van der Waals surface area (Å²) in [5.74, 6) is 1.90. The summed E-state index contributed by atoms with van der Waals surface area (Å²) in [5.41, 5.74) is 3.43. The van der Waals surface area contributed by atoms with E-state index in [2.05, 4.69) is 25.4 Å². The average Bonchev–Trinajstić information content (AvgIpc) is 3.15. The minimum atomic E-state index is 0.556.